The fourth-order valence-corrected chi connectivity index (χ4v) is 4.08. The molecule has 128 valence electrons. The molecule has 0 radical (unpaired) electrons. The zero-order valence-corrected chi connectivity index (χ0v) is 14.3. The van der Waals surface area contributed by atoms with Gasteiger partial charge in [0.1, 0.15) is 5.65 Å². The highest BCUT2D eigenvalue weighted by Gasteiger charge is 2.30. The molecule has 1 amide bonds. The monoisotopic (exact) mass is 327 g/mol. The lowest BCUT2D eigenvalue weighted by molar-refractivity contribution is -0.139. The van der Waals surface area contributed by atoms with Gasteiger partial charge in [-0.25, -0.2) is 4.98 Å². The molecule has 0 aliphatic carbocycles. The number of aryl methyl sites for hydroxylation is 1. The number of ether oxygens (including phenoxy) is 1. The summed E-state index contributed by atoms with van der Waals surface area (Å²) in [6.45, 7) is 5.23. The van der Waals surface area contributed by atoms with Gasteiger partial charge in [0.25, 0.3) is 0 Å². The first-order valence-electron chi connectivity index (χ1n) is 9.03. The van der Waals surface area contributed by atoms with Crippen LogP contribution in [-0.4, -0.2) is 46.5 Å². The first-order chi connectivity index (χ1) is 11.7. The van der Waals surface area contributed by atoms with Gasteiger partial charge in [0.05, 0.1) is 5.69 Å². The predicted octanol–water partition coefficient (Wildman–Crippen LogP) is 2.78. The molecule has 0 unspecified atom stereocenters. The Balaban J connectivity index is 1.44. The van der Waals surface area contributed by atoms with Crippen molar-refractivity contribution in [2.24, 2.45) is 5.92 Å². The molecule has 2 saturated heterocycles. The van der Waals surface area contributed by atoms with Gasteiger partial charge in [0, 0.05) is 50.0 Å². The Hall–Kier alpha value is -1.88. The minimum Gasteiger partial charge on any atom is -0.381 e. The van der Waals surface area contributed by atoms with Crippen molar-refractivity contribution in [2.45, 2.75) is 38.5 Å². The van der Waals surface area contributed by atoms with Gasteiger partial charge in [-0.3, -0.25) is 4.79 Å². The molecule has 0 atom stereocenters. The number of carbonyl (C=O) groups is 1. The molecule has 0 N–H and O–H groups in total. The number of hydrogen-bond acceptors (Lipinski definition) is 3. The standard InChI is InChI=1S/C19H25N3O2/c1-14-13-22-17(3-2-4-18(22)20-14)15-5-9-21(10-6-15)19(23)16-7-11-24-12-8-16/h2-4,13,15-16H,5-12H2,1H3. The first-order valence-corrected chi connectivity index (χ1v) is 9.03. The number of fused-ring (bicyclic) bond motifs is 1. The van der Waals surface area contributed by atoms with Gasteiger partial charge in [-0.15, -0.1) is 0 Å². The zero-order chi connectivity index (χ0) is 16.5. The van der Waals surface area contributed by atoms with Crippen LogP contribution < -0.4 is 0 Å². The van der Waals surface area contributed by atoms with Gasteiger partial charge < -0.3 is 14.0 Å². The number of hydrogen-bond donors (Lipinski definition) is 0. The predicted molar refractivity (Wildman–Crippen MR) is 92.0 cm³/mol. The van der Waals surface area contributed by atoms with E-state index in [1.807, 2.05) is 6.92 Å². The van der Waals surface area contributed by atoms with Crippen LogP contribution in [0.5, 0.6) is 0 Å². The van der Waals surface area contributed by atoms with Gasteiger partial charge in [0.15, 0.2) is 0 Å². The number of amides is 1. The second-order valence-electron chi connectivity index (χ2n) is 7.05. The van der Waals surface area contributed by atoms with Gasteiger partial charge in [-0.1, -0.05) is 6.07 Å². The maximum Gasteiger partial charge on any atom is 0.225 e. The number of nitrogens with zero attached hydrogens (tertiary/aromatic N) is 3. The largest absolute Gasteiger partial charge is 0.381 e. The molecule has 5 nitrogen and oxygen atoms in total. The van der Waals surface area contributed by atoms with Crippen LogP contribution in [0.1, 0.15) is 43.0 Å². The van der Waals surface area contributed by atoms with Crippen LogP contribution in [0.4, 0.5) is 0 Å². The molecule has 2 aliphatic heterocycles. The number of carbonyl (C=O) groups excluding carboxylic acids is 1. The van der Waals surface area contributed by atoms with E-state index in [1.165, 1.54) is 5.69 Å². The smallest absolute Gasteiger partial charge is 0.225 e. The zero-order valence-electron chi connectivity index (χ0n) is 14.3. The highest BCUT2D eigenvalue weighted by molar-refractivity contribution is 5.79. The Kier molecular flexibility index (Phi) is 4.27. The van der Waals surface area contributed by atoms with E-state index in [4.69, 9.17) is 4.74 Å². The first kappa shape index (κ1) is 15.6. The van der Waals surface area contributed by atoms with Crippen LogP contribution in [0.2, 0.25) is 0 Å². The van der Waals surface area contributed by atoms with E-state index in [9.17, 15) is 4.79 Å². The summed E-state index contributed by atoms with van der Waals surface area (Å²) in [7, 11) is 0. The highest BCUT2D eigenvalue weighted by Crippen LogP contribution is 2.30. The molecule has 4 rings (SSSR count). The molecule has 0 saturated carbocycles. The normalized spacial score (nSPS) is 20.6. The molecule has 2 aromatic rings. The van der Waals surface area contributed by atoms with Crippen LogP contribution >= 0.6 is 0 Å². The summed E-state index contributed by atoms with van der Waals surface area (Å²) in [6.07, 6.45) is 5.94. The molecule has 2 fully saturated rings. The molecular weight excluding hydrogens is 302 g/mol. The van der Waals surface area contributed by atoms with E-state index >= 15 is 0 Å². The number of pyridine rings is 1. The number of likely N-dealkylation sites (tertiary alicyclic amines) is 1. The summed E-state index contributed by atoms with van der Waals surface area (Å²) >= 11 is 0. The maximum absolute atomic E-state index is 12.7. The average Bonchev–Trinajstić information content (AvgIpc) is 3.02. The lowest BCUT2D eigenvalue weighted by Gasteiger charge is -2.35. The van der Waals surface area contributed by atoms with E-state index < -0.39 is 0 Å². The number of imidazole rings is 1. The van der Waals surface area contributed by atoms with Crippen LogP contribution in [0.3, 0.4) is 0 Å². The van der Waals surface area contributed by atoms with E-state index in [0.29, 0.717) is 11.8 Å². The molecule has 24 heavy (non-hydrogen) atoms. The Bertz CT molecular complexity index is 725. The van der Waals surface area contributed by atoms with E-state index in [0.717, 1.165) is 63.3 Å². The Morgan fingerprint density at radius 3 is 2.67 bits per heavy atom. The van der Waals surface area contributed by atoms with Crippen molar-refractivity contribution in [3.8, 4) is 0 Å². The third kappa shape index (κ3) is 2.93. The van der Waals surface area contributed by atoms with Crippen LogP contribution in [0.15, 0.2) is 24.4 Å². The quantitative estimate of drug-likeness (QED) is 0.852. The Labute approximate surface area is 142 Å². The van der Waals surface area contributed by atoms with Crippen molar-refractivity contribution >= 4 is 11.6 Å². The molecule has 2 aromatic heterocycles. The Morgan fingerprint density at radius 1 is 1.17 bits per heavy atom. The molecular formula is C19H25N3O2. The van der Waals surface area contributed by atoms with Crippen molar-refractivity contribution < 1.29 is 9.53 Å². The minimum atomic E-state index is 0.176. The molecule has 0 aromatic carbocycles. The van der Waals surface area contributed by atoms with E-state index in [2.05, 4.69) is 38.7 Å². The number of aromatic nitrogens is 2. The van der Waals surface area contributed by atoms with Crippen LogP contribution in [0, 0.1) is 12.8 Å². The minimum absolute atomic E-state index is 0.176. The number of piperidine rings is 1. The van der Waals surface area contributed by atoms with Gasteiger partial charge in [-0.05, 0) is 44.7 Å². The number of rotatable bonds is 2. The fourth-order valence-electron chi connectivity index (χ4n) is 4.08. The highest BCUT2D eigenvalue weighted by atomic mass is 16.5. The third-order valence-electron chi connectivity index (χ3n) is 5.44. The topological polar surface area (TPSA) is 46.8 Å². The second kappa shape index (κ2) is 6.55. The third-order valence-corrected chi connectivity index (χ3v) is 5.44. The summed E-state index contributed by atoms with van der Waals surface area (Å²) in [5.74, 6) is 1.02. The van der Waals surface area contributed by atoms with Crippen molar-refractivity contribution in [1.29, 1.82) is 0 Å². The molecule has 4 heterocycles. The lowest BCUT2D eigenvalue weighted by atomic mass is 9.91. The summed E-state index contributed by atoms with van der Waals surface area (Å²) < 4.78 is 7.59. The van der Waals surface area contributed by atoms with Crippen molar-refractivity contribution in [3.05, 3.63) is 35.8 Å². The molecule has 5 heteroatoms. The molecule has 0 spiro atoms. The molecule has 2 aliphatic rings. The summed E-state index contributed by atoms with van der Waals surface area (Å²) in [5.41, 5.74) is 3.39. The van der Waals surface area contributed by atoms with Crippen LogP contribution in [0.25, 0.3) is 5.65 Å². The van der Waals surface area contributed by atoms with Crippen LogP contribution in [-0.2, 0) is 9.53 Å². The second-order valence-corrected chi connectivity index (χ2v) is 7.05. The fraction of sp³-hybridized carbons (Fsp3) is 0.579. The van der Waals surface area contributed by atoms with Crippen molar-refractivity contribution in [3.63, 3.8) is 0 Å². The van der Waals surface area contributed by atoms with Crippen molar-refractivity contribution in [2.75, 3.05) is 26.3 Å². The summed E-state index contributed by atoms with van der Waals surface area (Å²) in [5, 5.41) is 0. The summed E-state index contributed by atoms with van der Waals surface area (Å²) in [4.78, 5) is 19.3. The maximum atomic E-state index is 12.7. The SMILES string of the molecule is Cc1cn2c(C3CCN(C(=O)C4CCOCC4)CC3)cccc2n1. The Morgan fingerprint density at radius 2 is 1.92 bits per heavy atom. The van der Waals surface area contributed by atoms with E-state index in [-0.39, 0.29) is 5.92 Å². The average molecular weight is 327 g/mol. The van der Waals surface area contributed by atoms with Gasteiger partial charge >= 0.3 is 0 Å². The lowest BCUT2D eigenvalue weighted by Crippen LogP contribution is -2.42. The van der Waals surface area contributed by atoms with E-state index in [1.54, 1.807) is 0 Å². The van der Waals surface area contributed by atoms with Crippen molar-refractivity contribution in [1.82, 2.24) is 14.3 Å². The molecule has 0 bridgehead atoms. The van der Waals surface area contributed by atoms with Gasteiger partial charge in [-0.2, -0.15) is 0 Å². The summed E-state index contributed by atoms with van der Waals surface area (Å²) in [6, 6.07) is 6.35. The van der Waals surface area contributed by atoms with Gasteiger partial charge in [0.2, 0.25) is 5.91 Å².